The summed E-state index contributed by atoms with van der Waals surface area (Å²) in [6.45, 7) is 4.00. The van der Waals surface area contributed by atoms with Crippen LogP contribution in [0.5, 0.6) is 5.75 Å². The lowest BCUT2D eigenvalue weighted by Crippen LogP contribution is -1.78. The van der Waals surface area contributed by atoms with Crippen molar-refractivity contribution in [1.29, 1.82) is 0 Å². The highest BCUT2D eigenvalue weighted by molar-refractivity contribution is 5.23. The highest BCUT2D eigenvalue weighted by atomic mass is 19.1. The van der Waals surface area contributed by atoms with Crippen molar-refractivity contribution in [2.45, 2.75) is 13.8 Å². The molecule has 0 aliphatic heterocycles. The molecule has 0 unspecified atom stereocenters. The van der Waals surface area contributed by atoms with Crippen LogP contribution in [0.1, 0.15) is 13.8 Å². The maximum absolute atomic E-state index is 12.1. The van der Waals surface area contributed by atoms with Gasteiger partial charge in [-0.1, -0.05) is 19.9 Å². The third-order valence-electron chi connectivity index (χ3n) is 0.938. The molecular weight excluding hydrogens is 150 g/mol. The van der Waals surface area contributed by atoms with Crippen LogP contribution in [0.4, 0.5) is 8.78 Å². The Morgan fingerprint density at radius 3 is 1.73 bits per heavy atom. The first-order valence-electron chi connectivity index (χ1n) is 3.35. The van der Waals surface area contributed by atoms with Crippen LogP contribution in [0.3, 0.4) is 0 Å². The van der Waals surface area contributed by atoms with Crippen LogP contribution in [-0.2, 0) is 0 Å². The maximum atomic E-state index is 12.1. The van der Waals surface area contributed by atoms with Crippen molar-refractivity contribution < 1.29 is 13.9 Å². The number of hydrogen-bond acceptors (Lipinski definition) is 1. The Labute approximate surface area is 64.3 Å². The van der Waals surface area contributed by atoms with Crippen LogP contribution in [0, 0.1) is 11.6 Å². The van der Waals surface area contributed by atoms with E-state index in [1.807, 2.05) is 13.8 Å². The minimum Gasteiger partial charge on any atom is -0.503 e. The van der Waals surface area contributed by atoms with Crippen LogP contribution in [0.15, 0.2) is 18.2 Å². The molecule has 0 aliphatic carbocycles. The van der Waals surface area contributed by atoms with Crippen molar-refractivity contribution in [3.8, 4) is 5.75 Å². The van der Waals surface area contributed by atoms with Gasteiger partial charge in [0.15, 0.2) is 17.4 Å². The van der Waals surface area contributed by atoms with Gasteiger partial charge in [0.25, 0.3) is 0 Å². The Hall–Kier alpha value is -1.12. The summed E-state index contributed by atoms with van der Waals surface area (Å²) in [7, 11) is 0. The molecule has 0 atom stereocenters. The molecular formula is C8H10F2O. The fraction of sp³-hybridized carbons (Fsp3) is 0.250. The van der Waals surface area contributed by atoms with Gasteiger partial charge in [0.05, 0.1) is 0 Å². The number of rotatable bonds is 0. The molecule has 1 aromatic carbocycles. The topological polar surface area (TPSA) is 20.2 Å². The standard InChI is InChI=1S/C6H4F2O.C2H6/c7-4-2-1-3-5(8)6(4)9;1-2/h1-3,9H;1-2H3. The minimum absolute atomic E-state index is 0.919. The van der Waals surface area contributed by atoms with E-state index in [4.69, 9.17) is 5.11 Å². The van der Waals surface area contributed by atoms with E-state index < -0.39 is 17.4 Å². The third kappa shape index (κ3) is 2.53. The number of hydrogen-bond donors (Lipinski definition) is 1. The van der Waals surface area contributed by atoms with E-state index >= 15 is 0 Å². The normalized spacial score (nSPS) is 8.36. The Morgan fingerprint density at radius 2 is 1.45 bits per heavy atom. The summed E-state index contributed by atoms with van der Waals surface area (Å²) < 4.78 is 24.2. The molecule has 0 aromatic heterocycles. The number of benzene rings is 1. The molecule has 1 N–H and O–H groups in total. The van der Waals surface area contributed by atoms with Gasteiger partial charge >= 0.3 is 0 Å². The van der Waals surface area contributed by atoms with E-state index in [-0.39, 0.29) is 0 Å². The summed E-state index contributed by atoms with van der Waals surface area (Å²) in [5.74, 6) is -2.79. The second kappa shape index (κ2) is 4.66. The van der Waals surface area contributed by atoms with Gasteiger partial charge in [0.1, 0.15) is 0 Å². The average molecular weight is 160 g/mol. The van der Waals surface area contributed by atoms with Crippen molar-refractivity contribution >= 4 is 0 Å². The molecule has 0 spiro atoms. The number of phenols is 1. The molecule has 1 aromatic rings. The van der Waals surface area contributed by atoms with Gasteiger partial charge in [-0.15, -0.1) is 0 Å². The highest BCUT2D eigenvalue weighted by Crippen LogP contribution is 2.17. The fourth-order valence-electron chi connectivity index (χ4n) is 0.489. The Morgan fingerprint density at radius 1 is 1.09 bits per heavy atom. The maximum Gasteiger partial charge on any atom is 0.187 e. The first-order valence-corrected chi connectivity index (χ1v) is 3.35. The van der Waals surface area contributed by atoms with E-state index in [1.54, 1.807) is 0 Å². The fourth-order valence-corrected chi connectivity index (χ4v) is 0.489. The summed E-state index contributed by atoms with van der Waals surface area (Å²) in [6.07, 6.45) is 0. The minimum atomic E-state index is -0.935. The summed E-state index contributed by atoms with van der Waals surface area (Å²) in [5.41, 5.74) is 0. The van der Waals surface area contributed by atoms with E-state index in [1.165, 1.54) is 6.07 Å². The predicted octanol–water partition coefficient (Wildman–Crippen LogP) is 2.70. The van der Waals surface area contributed by atoms with Crippen LogP contribution < -0.4 is 0 Å². The Bertz CT molecular complexity index is 203. The van der Waals surface area contributed by atoms with Gasteiger partial charge in [-0.05, 0) is 12.1 Å². The van der Waals surface area contributed by atoms with Crippen LogP contribution in [0.2, 0.25) is 0 Å². The van der Waals surface area contributed by atoms with Gasteiger partial charge in [-0.3, -0.25) is 0 Å². The molecule has 0 fully saturated rings. The quantitative estimate of drug-likeness (QED) is 0.618. The largest absolute Gasteiger partial charge is 0.503 e. The monoisotopic (exact) mass is 160 g/mol. The molecule has 11 heavy (non-hydrogen) atoms. The van der Waals surface area contributed by atoms with E-state index in [0.29, 0.717) is 0 Å². The SMILES string of the molecule is CC.Oc1c(F)cccc1F. The molecule has 1 nitrogen and oxygen atoms in total. The zero-order chi connectivity index (χ0) is 8.85. The van der Waals surface area contributed by atoms with E-state index in [0.717, 1.165) is 12.1 Å². The lowest BCUT2D eigenvalue weighted by Gasteiger charge is -1.92. The first kappa shape index (κ1) is 9.88. The molecule has 0 amide bonds. The van der Waals surface area contributed by atoms with E-state index in [9.17, 15) is 8.78 Å². The van der Waals surface area contributed by atoms with Gasteiger partial charge < -0.3 is 5.11 Å². The van der Waals surface area contributed by atoms with E-state index in [2.05, 4.69) is 0 Å². The summed E-state index contributed by atoms with van der Waals surface area (Å²) in [4.78, 5) is 0. The zero-order valence-corrected chi connectivity index (χ0v) is 6.44. The summed E-state index contributed by atoms with van der Waals surface area (Å²) in [5, 5.41) is 8.46. The molecule has 0 bridgehead atoms. The Balaban J connectivity index is 0.000000461. The highest BCUT2D eigenvalue weighted by Gasteiger charge is 2.03. The van der Waals surface area contributed by atoms with Crippen molar-refractivity contribution in [2.24, 2.45) is 0 Å². The third-order valence-corrected chi connectivity index (χ3v) is 0.938. The molecule has 0 saturated carbocycles. The number of aromatic hydroxyl groups is 1. The van der Waals surface area contributed by atoms with Gasteiger partial charge in [-0.25, -0.2) is 8.78 Å². The second-order valence-corrected chi connectivity index (χ2v) is 1.57. The number of phenolic OH excluding ortho intramolecular Hbond substituents is 1. The van der Waals surface area contributed by atoms with Crippen LogP contribution >= 0.6 is 0 Å². The molecule has 0 saturated heterocycles. The predicted molar refractivity (Wildman–Crippen MR) is 39.4 cm³/mol. The van der Waals surface area contributed by atoms with Crippen molar-refractivity contribution in [1.82, 2.24) is 0 Å². The molecule has 0 heterocycles. The van der Waals surface area contributed by atoms with Crippen LogP contribution in [-0.4, -0.2) is 5.11 Å². The smallest absolute Gasteiger partial charge is 0.187 e. The lowest BCUT2D eigenvalue weighted by atomic mass is 10.3. The molecule has 3 heteroatoms. The summed E-state index contributed by atoms with van der Waals surface area (Å²) >= 11 is 0. The number of halogens is 2. The Kier molecular flexibility index (Phi) is 4.18. The lowest BCUT2D eigenvalue weighted by molar-refractivity contribution is 0.396. The summed E-state index contributed by atoms with van der Waals surface area (Å²) in [6, 6.07) is 3.15. The molecule has 0 radical (unpaired) electrons. The molecule has 0 aliphatic rings. The van der Waals surface area contributed by atoms with Gasteiger partial charge in [0, 0.05) is 0 Å². The van der Waals surface area contributed by atoms with Crippen molar-refractivity contribution in [3.05, 3.63) is 29.8 Å². The second-order valence-electron chi connectivity index (χ2n) is 1.57. The van der Waals surface area contributed by atoms with Crippen molar-refractivity contribution in [2.75, 3.05) is 0 Å². The van der Waals surface area contributed by atoms with Gasteiger partial charge in [0.2, 0.25) is 0 Å². The molecule has 1 rings (SSSR count). The van der Waals surface area contributed by atoms with Gasteiger partial charge in [-0.2, -0.15) is 0 Å². The number of para-hydroxylation sites is 1. The first-order chi connectivity index (χ1) is 5.22. The molecule has 62 valence electrons. The van der Waals surface area contributed by atoms with Crippen molar-refractivity contribution in [3.63, 3.8) is 0 Å². The zero-order valence-electron chi connectivity index (χ0n) is 6.44. The average Bonchev–Trinajstić information content (AvgIpc) is 2.04. The van der Waals surface area contributed by atoms with Crippen LogP contribution in [0.25, 0.3) is 0 Å².